The summed E-state index contributed by atoms with van der Waals surface area (Å²) in [6.07, 6.45) is 2.07. The minimum absolute atomic E-state index is 0.0424. The number of nitro benzene ring substituents is 1. The molecule has 0 bridgehead atoms. The molecule has 0 radical (unpaired) electrons. The summed E-state index contributed by atoms with van der Waals surface area (Å²) in [6, 6.07) is 4.51. The van der Waals surface area contributed by atoms with Crippen molar-refractivity contribution in [1.82, 2.24) is 4.90 Å². The Hall–Kier alpha value is -2.15. The molecule has 7 heteroatoms. The molecule has 1 saturated carbocycles. The number of benzene rings is 1. The van der Waals surface area contributed by atoms with Crippen LogP contribution >= 0.6 is 0 Å². The van der Waals surface area contributed by atoms with Crippen molar-refractivity contribution in [3.8, 4) is 5.75 Å². The summed E-state index contributed by atoms with van der Waals surface area (Å²) in [4.78, 5) is 23.7. The molecule has 0 saturated heterocycles. The van der Waals surface area contributed by atoms with Gasteiger partial charge in [0, 0.05) is 37.3 Å². The monoisotopic (exact) mass is 279 g/mol. The minimum Gasteiger partial charge on any atom is -0.483 e. The van der Waals surface area contributed by atoms with Crippen LogP contribution in [0, 0.1) is 10.1 Å². The number of carbonyl (C=O) groups excluding carboxylic acids is 1. The second-order valence-corrected chi connectivity index (χ2v) is 4.78. The van der Waals surface area contributed by atoms with Crippen LogP contribution in [0.15, 0.2) is 18.2 Å². The second kappa shape index (κ2) is 5.87. The highest BCUT2D eigenvalue weighted by Crippen LogP contribution is 2.26. The fraction of sp³-hybridized carbons (Fsp3) is 0.462. The van der Waals surface area contributed by atoms with Crippen molar-refractivity contribution in [1.29, 1.82) is 0 Å². The number of amides is 1. The normalized spacial score (nSPS) is 13.9. The van der Waals surface area contributed by atoms with Gasteiger partial charge in [-0.1, -0.05) is 0 Å². The predicted molar refractivity (Wildman–Crippen MR) is 72.3 cm³/mol. The van der Waals surface area contributed by atoms with E-state index in [9.17, 15) is 14.9 Å². The molecule has 2 N–H and O–H groups in total. The second-order valence-electron chi connectivity index (χ2n) is 4.78. The number of ether oxygens (including phenoxy) is 1. The van der Waals surface area contributed by atoms with Crippen molar-refractivity contribution in [2.45, 2.75) is 25.4 Å². The zero-order valence-corrected chi connectivity index (χ0v) is 11.2. The van der Waals surface area contributed by atoms with Gasteiger partial charge in [-0.25, -0.2) is 0 Å². The number of hydrogen-bond acceptors (Lipinski definition) is 5. The van der Waals surface area contributed by atoms with Gasteiger partial charge in [-0.05, 0) is 18.9 Å². The van der Waals surface area contributed by atoms with Crippen molar-refractivity contribution < 1.29 is 14.5 Å². The van der Waals surface area contributed by atoms with Gasteiger partial charge in [0.05, 0.1) is 4.92 Å². The molecule has 0 atom stereocenters. The Morgan fingerprint density at radius 1 is 1.55 bits per heavy atom. The first kappa shape index (κ1) is 14.3. The Labute approximate surface area is 116 Å². The molecular formula is C13H17N3O4. The number of hydrogen-bond donors (Lipinski definition) is 1. The maximum absolute atomic E-state index is 11.8. The van der Waals surface area contributed by atoms with Crippen LogP contribution in [0.4, 0.5) is 5.69 Å². The van der Waals surface area contributed by atoms with E-state index in [1.54, 1.807) is 11.9 Å². The molecule has 0 aromatic heterocycles. The van der Waals surface area contributed by atoms with E-state index in [-0.39, 0.29) is 24.7 Å². The molecule has 20 heavy (non-hydrogen) atoms. The lowest BCUT2D eigenvalue weighted by Gasteiger charge is -2.17. The van der Waals surface area contributed by atoms with Crippen LogP contribution in [0.3, 0.4) is 0 Å². The highest BCUT2D eigenvalue weighted by Gasteiger charge is 2.29. The topological polar surface area (TPSA) is 98.7 Å². The molecule has 7 nitrogen and oxygen atoms in total. The van der Waals surface area contributed by atoms with E-state index >= 15 is 0 Å². The standard InChI is InChI=1S/C13H17N3O4/c1-15(10-2-3-10)13(17)8-20-12-5-4-11(16(18)19)6-9(12)7-14/h4-6,10H,2-3,7-8,14H2,1H3. The van der Waals surface area contributed by atoms with Gasteiger partial charge in [-0.3, -0.25) is 14.9 Å². The maximum atomic E-state index is 11.8. The average Bonchev–Trinajstić information content (AvgIpc) is 3.28. The number of likely N-dealkylation sites (N-methyl/N-ethyl adjacent to an activating group) is 1. The molecule has 1 aliphatic rings. The Kier molecular flexibility index (Phi) is 4.19. The molecule has 1 fully saturated rings. The Morgan fingerprint density at radius 3 is 2.80 bits per heavy atom. The van der Waals surface area contributed by atoms with Gasteiger partial charge in [0.2, 0.25) is 0 Å². The third-order valence-corrected chi connectivity index (χ3v) is 3.31. The molecular weight excluding hydrogens is 262 g/mol. The lowest BCUT2D eigenvalue weighted by Crippen LogP contribution is -2.33. The summed E-state index contributed by atoms with van der Waals surface area (Å²) >= 11 is 0. The molecule has 108 valence electrons. The van der Waals surface area contributed by atoms with Crippen LogP contribution in [0.25, 0.3) is 0 Å². The summed E-state index contributed by atoms with van der Waals surface area (Å²) in [7, 11) is 1.75. The summed E-state index contributed by atoms with van der Waals surface area (Å²) in [5.74, 6) is 0.310. The van der Waals surface area contributed by atoms with Gasteiger partial charge in [-0.15, -0.1) is 0 Å². The van der Waals surface area contributed by atoms with Gasteiger partial charge in [0.15, 0.2) is 6.61 Å². The van der Waals surface area contributed by atoms with Gasteiger partial charge >= 0.3 is 0 Å². The largest absolute Gasteiger partial charge is 0.483 e. The molecule has 0 unspecified atom stereocenters. The molecule has 1 amide bonds. The third-order valence-electron chi connectivity index (χ3n) is 3.31. The first-order chi connectivity index (χ1) is 9.52. The zero-order chi connectivity index (χ0) is 14.7. The van der Waals surface area contributed by atoms with E-state index in [0.29, 0.717) is 17.4 Å². The molecule has 0 aliphatic heterocycles. The fourth-order valence-corrected chi connectivity index (χ4v) is 1.89. The van der Waals surface area contributed by atoms with Crippen LogP contribution in [-0.2, 0) is 11.3 Å². The number of carbonyl (C=O) groups is 1. The van der Waals surface area contributed by atoms with Crippen molar-refractivity contribution in [3.05, 3.63) is 33.9 Å². The highest BCUT2D eigenvalue weighted by molar-refractivity contribution is 5.78. The van der Waals surface area contributed by atoms with Crippen molar-refractivity contribution >= 4 is 11.6 Å². The maximum Gasteiger partial charge on any atom is 0.270 e. The van der Waals surface area contributed by atoms with Crippen LogP contribution in [0.1, 0.15) is 18.4 Å². The van der Waals surface area contributed by atoms with E-state index in [1.165, 1.54) is 18.2 Å². The van der Waals surface area contributed by atoms with Gasteiger partial charge in [0.25, 0.3) is 11.6 Å². The molecule has 0 heterocycles. The van der Waals surface area contributed by atoms with Crippen molar-refractivity contribution in [2.24, 2.45) is 5.73 Å². The lowest BCUT2D eigenvalue weighted by molar-refractivity contribution is -0.384. The summed E-state index contributed by atoms with van der Waals surface area (Å²) in [5.41, 5.74) is 6.02. The third kappa shape index (κ3) is 3.24. The van der Waals surface area contributed by atoms with E-state index in [0.717, 1.165) is 12.8 Å². The zero-order valence-electron chi connectivity index (χ0n) is 11.2. The number of nitrogens with two attached hydrogens (primary N) is 1. The molecule has 1 aromatic carbocycles. The minimum atomic E-state index is -0.491. The van der Waals surface area contributed by atoms with Crippen LogP contribution in [-0.4, -0.2) is 35.4 Å². The molecule has 0 spiro atoms. The summed E-state index contributed by atoms with van der Waals surface area (Å²) in [6.45, 7) is 0.0292. The number of nitrogens with zero attached hydrogens (tertiary/aromatic N) is 2. The van der Waals surface area contributed by atoms with E-state index in [2.05, 4.69) is 0 Å². The number of nitro groups is 1. The Balaban J connectivity index is 2.01. The van der Waals surface area contributed by atoms with Crippen LogP contribution in [0.2, 0.25) is 0 Å². The molecule has 2 rings (SSSR count). The van der Waals surface area contributed by atoms with E-state index in [4.69, 9.17) is 10.5 Å². The van der Waals surface area contributed by atoms with Crippen molar-refractivity contribution in [3.63, 3.8) is 0 Å². The van der Waals surface area contributed by atoms with Crippen LogP contribution < -0.4 is 10.5 Å². The van der Waals surface area contributed by atoms with Gasteiger partial charge < -0.3 is 15.4 Å². The first-order valence-corrected chi connectivity index (χ1v) is 6.38. The number of non-ortho nitro benzene ring substituents is 1. The Bertz CT molecular complexity index is 528. The average molecular weight is 279 g/mol. The van der Waals surface area contributed by atoms with Gasteiger partial charge in [0.1, 0.15) is 5.75 Å². The fourth-order valence-electron chi connectivity index (χ4n) is 1.89. The first-order valence-electron chi connectivity index (χ1n) is 6.38. The number of rotatable bonds is 6. The molecule has 1 aliphatic carbocycles. The van der Waals surface area contributed by atoms with Crippen LogP contribution in [0.5, 0.6) is 5.75 Å². The smallest absolute Gasteiger partial charge is 0.270 e. The van der Waals surface area contributed by atoms with E-state index < -0.39 is 4.92 Å². The predicted octanol–water partition coefficient (Wildman–Crippen LogP) is 1.05. The summed E-state index contributed by atoms with van der Waals surface area (Å²) < 4.78 is 5.43. The highest BCUT2D eigenvalue weighted by atomic mass is 16.6. The quantitative estimate of drug-likeness (QED) is 0.620. The molecule has 1 aromatic rings. The van der Waals surface area contributed by atoms with Crippen molar-refractivity contribution in [2.75, 3.05) is 13.7 Å². The Morgan fingerprint density at radius 2 is 2.25 bits per heavy atom. The lowest BCUT2D eigenvalue weighted by atomic mass is 10.2. The van der Waals surface area contributed by atoms with Gasteiger partial charge in [-0.2, -0.15) is 0 Å². The summed E-state index contributed by atoms with van der Waals surface area (Å²) in [5, 5.41) is 10.7. The SMILES string of the molecule is CN(C(=O)COc1ccc([N+](=O)[O-])cc1CN)C1CC1. The van der Waals surface area contributed by atoms with E-state index in [1.807, 2.05) is 0 Å².